The van der Waals surface area contributed by atoms with Crippen molar-refractivity contribution in [2.45, 2.75) is 39.2 Å². The second kappa shape index (κ2) is 5.65. The predicted octanol–water partition coefficient (Wildman–Crippen LogP) is 4.04. The van der Waals surface area contributed by atoms with Crippen LogP contribution in [0.2, 0.25) is 5.02 Å². The number of carbonyl (C=O) groups is 1. The van der Waals surface area contributed by atoms with E-state index in [0.717, 1.165) is 5.56 Å². The molecule has 94 valence electrons. The first-order valence-electron chi connectivity index (χ1n) is 5.70. The normalized spacial score (nSPS) is 11.6. The highest BCUT2D eigenvalue weighted by atomic mass is 35.5. The van der Waals surface area contributed by atoms with Crippen LogP contribution in [0.25, 0.3) is 0 Å². The third-order valence-corrected chi connectivity index (χ3v) is 3.24. The lowest BCUT2D eigenvalue weighted by Gasteiger charge is -2.22. The van der Waals surface area contributed by atoms with Gasteiger partial charge in [0.25, 0.3) is 0 Å². The first-order chi connectivity index (χ1) is 7.85. The third kappa shape index (κ3) is 4.14. The Morgan fingerprint density at radius 3 is 2.59 bits per heavy atom. The molecule has 17 heavy (non-hydrogen) atoms. The zero-order valence-electron chi connectivity index (χ0n) is 10.8. The Hall–Kier alpha value is -0.860. The lowest BCUT2D eigenvalue weighted by Crippen LogP contribution is -2.23. The van der Waals surface area contributed by atoms with Crippen LogP contribution in [0.4, 0.5) is 0 Å². The van der Waals surface area contributed by atoms with Crippen LogP contribution < -0.4 is 0 Å². The highest BCUT2D eigenvalue weighted by Gasteiger charge is 2.19. The molecule has 0 N–H and O–H groups in total. The van der Waals surface area contributed by atoms with Crippen molar-refractivity contribution in [3.05, 3.63) is 34.3 Å². The molecule has 0 radical (unpaired) electrons. The van der Waals surface area contributed by atoms with Crippen molar-refractivity contribution in [2.75, 3.05) is 7.11 Å². The number of methoxy groups -OCH3 is 1. The highest BCUT2D eigenvalue weighted by molar-refractivity contribution is 6.34. The highest BCUT2D eigenvalue weighted by Crippen LogP contribution is 2.22. The van der Waals surface area contributed by atoms with Crippen LogP contribution >= 0.6 is 11.6 Å². The van der Waals surface area contributed by atoms with Gasteiger partial charge in [0.1, 0.15) is 0 Å². The van der Waals surface area contributed by atoms with E-state index in [1.54, 1.807) is 13.2 Å². The van der Waals surface area contributed by atoms with E-state index in [1.807, 2.05) is 32.9 Å². The molecule has 0 aliphatic carbocycles. The summed E-state index contributed by atoms with van der Waals surface area (Å²) in [4.78, 5) is 12.0. The minimum atomic E-state index is -0.271. The Labute approximate surface area is 108 Å². The number of aryl methyl sites for hydroxylation is 1. The van der Waals surface area contributed by atoms with Crippen LogP contribution in [0.1, 0.15) is 42.6 Å². The molecular formula is C14H19ClO2. The molecule has 0 fully saturated rings. The molecule has 0 aromatic heterocycles. The summed E-state index contributed by atoms with van der Waals surface area (Å²) < 4.78 is 5.29. The summed E-state index contributed by atoms with van der Waals surface area (Å²) in [5, 5.41) is 0.533. The number of carbonyl (C=O) groups excluding carboxylic acids is 1. The molecule has 0 amide bonds. The van der Waals surface area contributed by atoms with E-state index in [4.69, 9.17) is 16.3 Å². The molecular weight excluding hydrogens is 236 g/mol. The van der Waals surface area contributed by atoms with E-state index in [0.29, 0.717) is 23.4 Å². The van der Waals surface area contributed by atoms with E-state index >= 15 is 0 Å². The van der Waals surface area contributed by atoms with Crippen LogP contribution in [0.5, 0.6) is 0 Å². The molecule has 0 unspecified atom stereocenters. The standard InChI is InChI=1S/C14H19ClO2/c1-10-5-6-11(12(15)9-10)13(16)7-8-14(2,3)17-4/h5-6,9H,7-8H2,1-4H3. The molecule has 0 atom stereocenters. The monoisotopic (exact) mass is 254 g/mol. The average molecular weight is 255 g/mol. The molecule has 0 saturated heterocycles. The Morgan fingerprint density at radius 2 is 2.06 bits per heavy atom. The van der Waals surface area contributed by atoms with Gasteiger partial charge in [0, 0.05) is 19.1 Å². The van der Waals surface area contributed by atoms with Crippen LogP contribution in [0, 0.1) is 6.92 Å². The van der Waals surface area contributed by atoms with Gasteiger partial charge in [0.2, 0.25) is 0 Å². The van der Waals surface area contributed by atoms with Crippen LogP contribution in [0.3, 0.4) is 0 Å². The Morgan fingerprint density at radius 1 is 1.41 bits per heavy atom. The maximum absolute atomic E-state index is 12.0. The smallest absolute Gasteiger partial charge is 0.164 e. The van der Waals surface area contributed by atoms with Gasteiger partial charge in [0.05, 0.1) is 10.6 Å². The summed E-state index contributed by atoms with van der Waals surface area (Å²) in [6.45, 7) is 5.89. The number of benzene rings is 1. The summed E-state index contributed by atoms with van der Waals surface area (Å²) in [5.41, 5.74) is 1.39. The van der Waals surface area contributed by atoms with E-state index in [9.17, 15) is 4.79 Å². The second-order valence-electron chi connectivity index (χ2n) is 4.87. The number of hydrogen-bond acceptors (Lipinski definition) is 2. The summed E-state index contributed by atoms with van der Waals surface area (Å²) >= 11 is 6.06. The van der Waals surface area contributed by atoms with Gasteiger partial charge in [-0.3, -0.25) is 4.79 Å². The van der Waals surface area contributed by atoms with Gasteiger partial charge in [-0.2, -0.15) is 0 Å². The van der Waals surface area contributed by atoms with Crippen molar-refractivity contribution in [1.82, 2.24) is 0 Å². The average Bonchev–Trinajstić information content (AvgIpc) is 2.26. The van der Waals surface area contributed by atoms with E-state index in [-0.39, 0.29) is 11.4 Å². The maximum atomic E-state index is 12.0. The van der Waals surface area contributed by atoms with E-state index < -0.39 is 0 Å². The molecule has 1 aromatic rings. The van der Waals surface area contributed by atoms with Crippen molar-refractivity contribution in [3.8, 4) is 0 Å². The fourth-order valence-electron chi connectivity index (χ4n) is 1.50. The van der Waals surface area contributed by atoms with Crippen molar-refractivity contribution < 1.29 is 9.53 Å². The summed E-state index contributed by atoms with van der Waals surface area (Å²) in [5.74, 6) is 0.0696. The molecule has 0 spiro atoms. The van der Waals surface area contributed by atoms with Crippen LogP contribution in [0.15, 0.2) is 18.2 Å². The molecule has 2 nitrogen and oxygen atoms in total. The first-order valence-corrected chi connectivity index (χ1v) is 6.08. The van der Waals surface area contributed by atoms with Gasteiger partial charge in [-0.1, -0.05) is 17.7 Å². The molecule has 1 rings (SSSR count). The van der Waals surface area contributed by atoms with Gasteiger partial charge in [-0.15, -0.1) is 0 Å². The van der Waals surface area contributed by atoms with Crippen molar-refractivity contribution in [1.29, 1.82) is 0 Å². The number of ether oxygens (including phenoxy) is 1. The van der Waals surface area contributed by atoms with Gasteiger partial charge in [-0.25, -0.2) is 0 Å². The fourth-order valence-corrected chi connectivity index (χ4v) is 1.84. The molecule has 1 aromatic carbocycles. The van der Waals surface area contributed by atoms with E-state index in [1.165, 1.54) is 0 Å². The topological polar surface area (TPSA) is 26.3 Å². The Kier molecular flexibility index (Phi) is 4.72. The number of halogens is 1. The lowest BCUT2D eigenvalue weighted by molar-refractivity contribution is 0.0141. The van der Waals surface area contributed by atoms with Crippen molar-refractivity contribution in [3.63, 3.8) is 0 Å². The summed E-state index contributed by atoms with van der Waals surface area (Å²) in [6, 6.07) is 5.51. The fraction of sp³-hybridized carbons (Fsp3) is 0.500. The quantitative estimate of drug-likeness (QED) is 0.742. The van der Waals surface area contributed by atoms with E-state index in [2.05, 4.69) is 0 Å². The second-order valence-corrected chi connectivity index (χ2v) is 5.28. The maximum Gasteiger partial charge on any atom is 0.164 e. The van der Waals surface area contributed by atoms with Crippen molar-refractivity contribution >= 4 is 17.4 Å². The largest absolute Gasteiger partial charge is 0.379 e. The third-order valence-electron chi connectivity index (χ3n) is 2.93. The number of rotatable bonds is 5. The SMILES string of the molecule is COC(C)(C)CCC(=O)c1ccc(C)cc1Cl. The number of ketones is 1. The number of Topliss-reactive ketones (excluding diaryl/α,β-unsaturated/α-hetero) is 1. The van der Waals surface area contributed by atoms with Gasteiger partial charge < -0.3 is 4.74 Å². The minimum absolute atomic E-state index is 0.0696. The zero-order chi connectivity index (χ0) is 13.1. The lowest BCUT2D eigenvalue weighted by atomic mass is 9.97. The summed E-state index contributed by atoms with van der Waals surface area (Å²) in [6.07, 6.45) is 1.14. The predicted molar refractivity (Wildman–Crippen MR) is 70.8 cm³/mol. The van der Waals surface area contributed by atoms with Crippen LogP contribution in [-0.2, 0) is 4.74 Å². The van der Waals surface area contributed by atoms with Gasteiger partial charge >= 0.3 is 0 Å². The molecule has 0 saturated carbocycles. The Bertz CT molecular complexity index is 411. The number of hydrogen-bond donors (Lipinski definition) is 0. The minimum Gasteiger partial charge on any atom is -0.379 e. The zero-order valence-corrected chi connectivity index (χ0v) is 11.6. The molecule has 0 aliphatic rings. The summed E-state index contributed by atoms with van der Waals surface area (Å²) in [7, 11) is 1.66. The Balaban J connectivity index is 2.71. The molecule has 0 bridgehead atoms. The first kappa shape index (κ1) is 14.2. The van der Waals surface area contributed by atoms with Crippen LogP contribution in [-0.4, -0.2) is 18.5 Å². The van der Waals surface area contributed by atoms with Gasteiger partial charge in [-0.05, 0) is 44.9 Å². The van der Waals surface area contributed by atoms with Crippen molar-refractivity contribution in [2.24, 2.45) is 0 Å². The van der Waals surface area contributed by atoms with Gasteiger partial charge in [0.15, 0.2) is 5.78 Å². The molecule has 0 heterocycles. The molecule has 0 aliphatic heterocycles. The molecule has 3 heteroatoms.